The van der Waals surface area contributed by atoms with Gasteiger partial charge >= 0.3 is 0 Å². The number of para-hydroxylation sites is 1. The third kappa shape index (κ3) is 5.10. The Bertz CT molecular complexity index is 949. The number of rotatable bonds is 7. The highest BCUT2D eigenvalue weighted by Crippen LogP contribution is 2.18. The number of hydrogen-bond donors (Lipinski definition) is 2. The molecule has 5 nitrogen and oxygen atoms in total. The van der Waals surface area contributed by atoms with E-state index >= 15 is 0 Å². The first kappa shape index (κ1) is 19.4. The van der Waals surface area contributed by atoms with Gasteiger partial charge in [-0.05, 0) is 67.3 Å². The molecule has 0 saturated heterocycles. The molecule has 0 fully saturated rings. The molecule has 0 bridgehead atoms. The molecule has 2 aromatic carbocycles. The lowest BCUT2D eigenvalue weighted by Crippen LogP contribution is -2.13. The molecule has 0 atom stereocenters. The summed E-state index contributed by atoms with van der Waals surface area (Å²) in [5.74, 6) is 1.39. The number of aromatic nitrogens is 1. The van der Waals surface area contributed by atoms with Crippen molar-refractivity contribution in [2.24, 2.45) is 0 Å². The number of carbonyl (C=O) groups excluding carboxylic acids is 1. The smallest absolute Gasteiger partial charge is 0.255 e. The van der Waals surface area contributed by atoms with Gasteiger partial charge in [-0.1, -0.05) is 24.3 Å². The van der Waals surface area contributed by atoms with Gasteiger partial charge in [0, 0.05) is 24.0 Å². The quantitative estimate of drug-likeness (QED) is 0.633. The number of amides is 1. The summed E-state index contributed by atoms with van der Waals surface area (Å²) in [6.45, 7) is 4.72. The second-order valence-corrected chi connectivity index (χ2v) is 6.75. The van der Waals surface area contributed by atoms with Gasteiger partial charge in [-0.2, -0.15) is 0 Å². The van der Waals surface area contributed by atoms with E-state index < -0.39 is 0 Å². The van der Waals surface area contributed by atoms with Crippen LogP contribution in [0.25, 0.3) is 0 Å². The minimum Gasteiger partial charge on any atom is -0.496 e. The van der Waals surface area contributed by atoms with Crippen molar-refractivity contribution >= 4 is 17.4 Å². The van der Waals surface area contributed by atoms with E-state index in [2.05, 4.69) is 21.7 Å². The Hall–Kier alpha value is -3.34. The number of hydrogen-bond acceptors (Lipinski definition) is 4. The number of aryl methyl sites for hydroxylation is 2. The maximum atomic E-state index is 12.6. The Morgan fingerprint density at radius 1 is 1.04 bits per heavy atom. The number of benzene rings is 2. The minimum absolute atomic E-state index is 0.153. The number of carbonyl (C=O) groups is 1. The third-order valence-corrected chi connectivity index (χ3v) is 4.39. The van der Waals surface area contributed by atoms with Gasteiger partial charge in [0.05, 0.1) is 7.11 Å². The first-order valence-corrected chi connectivity index (χ1v) is 9.26. The lowest BCUT2D eigenvalue weighted by Gasteiger charge is -2.11. The van der Waals surface area contributed by atoms with Crippen LogP contribution in [-0.4, -0.2) is 24.5 Å². The molecular weight excluding hydrogens is 350 g/mol. The van der Waals surface area contributed by atoms with Crippen LogP contribution in [0.4, 0.5) is 11.5 Å². The number of ether oxygens (including phenoxy) is 1. The number of anilines is 2. The number of pyridine rings is 1. The van der Waals surface area contributed by atoms with Gasteiger partial charge in [-0.15, -0.1) is 0 Å². The summed E-state index contributed by atoms with van der Waals surface area (Å²) < 4.78 is 5.38. The first-order valence-electron chi connectivity index (χ1n) is 9.26. The molecular formula is C23H25N3O2. The van der Waals surface area contributed by atoms with Crippen LogP contribution in [0.3, 0.4) is 0 Å². The minimum atomic E-state index is -0.153. The summed E-state index contributed by atoms with van der Waals surface area (Å²) in [6, 6.07) is 17.4. The molecule has 0 radical (unpaired) electrons. The summed E-state index contributed by atoms with van der Waals surface area (Å²) in [6.07, 6.45) is 2.44. The Kier molecular flexibility index (Phi) is 6.27. The molecule has 1 aromatic heterocycles. The van der Waals surface area contributed by atoms with Crippen molar-refractivity contribution in [2.45, 2.75) is 20.3 Å². The van der Waals surface area contributed by atoms with E-state index in [1.54, 1.807) is 25.4 Å². The normalized spacial score (nSPS) is 10.4. The third-order valence-electron chi connectivity index (χ3n) is 4.39. The second-order valence-electron chi connectivity index (χ2n) is 6.75. The molecule has 0 aliphatic rings. The zero-order valence-corrected chi connectivity index (χ0v) is 16.5. The number of nitrogens with one attached hydrogen (secondary N) is 2. The van der Waals surface area contributed by atoms with E-state index in [1.165, 1.54) is 0 Å². The molecule has 3 rings (SSSR count). The van der Waals surface area contributed by atoms with E-state index in [4.69, 9.17) is 4.74 Å². The van der Waals surface area contributed by atoms with Crippen molar-refractivity contribution in [3.05, 3.63) is 83.0 Å². The van der Waals surface area contributed by atoms with Crippen molar-refractivity contribution in [2.75, 3.05) is 24.3 Å². The van der Waals surface area contributed by atoms with E-state index in [0.717, 1.165) is 34.5 Å². The molecule has 0 unspecified atom stereocenters. The standard InChI is InChI=1S/C23H25N3O2/c1-16-12-17(2)14-20(13-16)26-23(27)19-9-11-25-22(15-19)24-10-8-18-6-4-5-7-21(18)28-3/h4-7,9,11-15H,8,10H2,1-3H3,(H,24,25)(H,26,27). The van der Waals surface area contributed by atoms with Crippen molar-refractivity contribution in [3.63, 3.8) is 0 Å². The van der Waals surface area contributed by atoms with Crippen LogP contribution in [0.5, 0.6) is 5.75 Å². The lowest BCUT2D eigenvalue weighted by atomic mass is 10.1. The SMILES string of the molecule is COc1ccccc1CCNc1cc(C(=O)Nc2cc(C)cc(C)c2)ccn1. The highest BCUT2D eigenvalue weighted by molar-refractivity contribution is 6.04. The second kappa shape index (κ2) is 9.04. The van der Waals surface area contributed by atoms with Crippen LogP contribution in [0.2, 0.25) is 0 Å². The molecule has 0 aliphatic heterocycles. The molecule has 0 spiro atoms. The molecule has 144 valence electrons. The fourth-order valence-electron chi connectivity index (χ4n) is 3.15. The van der Waals surface area contributed by atoms with Crippen LogP contribution >= 0.6 is 0 Å². The molecule has 28 heavy (non-hydrogen) atoms. The molecule has 1 heterocycles. The molecule has 2 N–H and O–H groups in total. The van der Waals surface area contributed by atoms with Crippen LogP contribution in [0.1, 0.15) is 27.0 Å². The van der Waals surface area contributed by atoms with Gasteiger partial charge in [0.1, 0.15) is 11.6 Å². The Morgan fingerprint density at radius 3 is 2.54 bits per heavy atom. The van der Waals surface area contributed by atoms with Crippen molar-refractivity contribution in [1.82, 2.24) is 4.98 Å². The monoisotopic (exact) mass is 375 g/mol. The first-order chi connectivity index (χ1) is 13.5. The summed E-state index contributed by atoms with van der Waals surface area (Å²) >= 11 is 0. The zero-order valence-electron chi connectivity index (χ0n) is 16.5. The Morgan fingerprint density at radius 2 is 1.79 bits per heavy atom. The number of nitrogens with zero attached hydrogens (tertiary/aromatic N) is 1. The van der Waals surface area contributed by atoms with E-state index in [-0.39, 0.29) is 5.91 Å². The summed E-state index contributed by atoms with van der Waals surface area (Å²) in [5, 5.41) is 6.23. The van der Waals surface area contributed by atoms with Crippen molar-refractivity contribution in [1.29, 1.82) is 0 Å². The average Bonchev–Trinajstić information content (AvgIpc) is 2.68. The van der Waals surface area contributed by atoms with Gasteiger partial charge in [0.25, 0.3) is 5.91 Å². The molecule has 3 aromatic rings. The molecule has 1 amide bonds. The molecule has 0 saturated carbocycles. The molecule has 5 heteroatoms. The Labute approximate surface area is 165 Å². The molecule has 0 aliphatic carbocycles. The van der Waals surface area contributed by atoms with Gasteiger partial charge in [-0.3, -0.25) is 4.79 Å². The van der Waals surface area contributed by atoms with Crippen LogP contribution < -0.4 is 15.4 Å². The number of methoxy groups -OCH3 is 1. The van der Waals surface area contributed by atoms with E-state index in [9.17, 15) is 4.79 Å². The van der Waals surface area contributed by atoms with Gasteiger partial charge in [0.2, 0.25) is 0 Å². The summed E-state index contributed by atoms with van der Waals surface area (Å²) in [7, 11) is 1.67. The highest BCUT2D eigenvalue weighted by atomic mass is 16.5. The topological polar surface area (TPSA) is 63.2 Å². The fourth-order valence-corrected chi connectivity index (χ4v) is 3.15. The average molecular weight is 375 g/mol. The maximum Gasteiger partial charge on any atom is 0.255 e. The largest absolute Gasteiger partial charge is 0.496 e. The fraction of sp³-hybridized carbons (Fsp3) is 0.217. The van der Waals surface area contributed by atoms with E-state index in [0.29, 0.717) is 17.9 Å². The summed E-state index contributed by atoms with van der Waals surface area (Å²) in [4.78, 5) is 16.9. The zero-order chi connectivity index (χ0) is 19.9. The Balaban J connectivity index is 1.62. The van der Waals surface area contributed by atoms with Crippen LogP contribution in [0, 0.1) is 13.8 Å². The van der Waals surface area contributed by atoms with Crippen LogP contribution in [0.15, 0.2) is 60.8 Å². The maximum absolute atomic E-state index is 12.6. The van der Waals surface area contributed by atoms with Crippen molar-refractivity contribution < 1.29 is 9.53 Å². The van der Waals surface area contributed by atoms with Gasteiger partial charge < -0.3 is 15.4 Å². The summed E-state index contributed by atoms with van der Waals surface area (Å²) in [5.41, 5.74) is 4.72. The predicted molar refractivity (Wildman–Crippen MR) is 113 cm³/mol. The highest BCUT2D eigenvalue weighted by Gasteiger charge is 2.08. The van der Waals surface area contributed by atoms with Crippen molar-refractivity contribution in [3.8, 4) is 5.75 Å². The van der Waals surface area contributed by atoms with E-state index in [1.807, 2.05) is 50.2 Å². The lowest BCUT2D eigenvalue weighted by molar-refractivity contribution is 0.102. The van der Waals surface area contributed by atoms with Crippen LogP contribution in [-0.2, 0) is 6.42 Å². The predicted octanol–water partition coefficient (Wildman–Crippen LogP) is 4.61. The van der Waals surface area contributed by atoms with Gasteiger partial charge in [0.15, 0.2) is 0 Å². The van der Waals surface area contributed by atoms with Gasteiger partial charge in [-0.25, -0.2) is 4.98 Å².